The quantitative estimate of drug-likeness (QED) is 0.723. The van der Waals surface area contributed by atoms with Gasteiger partial charge in [-0.3, -0.25) is 4.79 Å². The van der Waals surface area contributed by atoms with E-state index in [0.29, 0.717) is 0 Å². The summed E-state index contributed by atoms with van der Waals surface area (Å²) in [7, 11) is -3.60. The molecule has 0 spiro atoms. The lowest BCUT2D eigenvalue weighted by Crippen LogP contribution is -2.27. The van der Waals surface area contributed by atoms with Gasteiger partial charge in [-0.25, -0.2) is 13.1 Å². The Hall–Kier alpha value is -2.38. The van der Waals surface area contributed by atoms with Gasteiger partial charge in [0.25, 0.3) is 0 Å². The highest BCUT2D eigenvalue weighted by molar-refractivity contribution is 7.89. The van der Waals surface area contributed by atoms with Crippen LogP contribution in [0.2, 0.25) is 0 Å². The Morgan fingerprint density at radius 3 is 2.17 bits per heavy atom. The second-order valence-electron chi connectivity index (χ2n) is 7.46. The predicted molar refractivity (Wildman–Crippen MR) is 117 cm³/mol. The summed E-state index contributed by atoms with van der Waals surface area (Å²) in [6, 6.07) is 14.5. The molecule has 2 aromatic carbocycles. The Morgan fingerprint density at radius 2 is 1.55 bits per heavy atom. The summed E-state index contributed by atoms with van der Waals surface area (Å²) in [5.41, 5.74) is 2.89. The number of aryl methyl sites for hydroxylation is 1. The number of benzene rings is 2. The van der Waals surface area contributed by atoms with Gasteiger partial charge in [0.05, 0.1) is 4.90 Å². The van der Waals surface area contributed by atoms with E-state index in [-0.39, 0.29) is 23.8 Å². The molecule has 0 atom stereocenters. The summed E-state index contributed by atoms with van der Waals surface area (Å²) >= 11 is 0. The maximum atomic E-state index is 12.2. The molecule has 0 aliphatic carbocycles. The summed E-state index contributed by atoms with van der Waals surface area (Å²) < 4.78 is 27.0. The Kier molecular flexibility index (Phi) is 7.28. The van der Waals surface area contributed by atoms with Crippen molar-refractivity contribution < 1.29 is 13.2 Å². The zero-order valence-corrected chi connectivity index (χ0v) is 17.7. The average Bonchev–Trinajstić information content (AvgIpc) is 2.98. The molecule has 7 heteroatoms. The molecule has 0 aromatic heterocycles. The van der Waals surface area contributed by atoms with Crippen LogP contribution < -0.4 is 14.9 Å². The standard InChI is InChI=1S/C22H29N3O3S/c1-18-6-12-21(13-7-18)29(27,28)23-15-14-22(26)24-19-8-10-20(11-9-19)25-16-4-2-3-5-17-25/h6-13,23H,2-5,14-17H2,1H3,(H,24,26). The summed E-state index contributed by atoms with van der Waals surface area (Å²) in [5, 5.41) is 2.83. The third-order valence-corrected chi connectivity index (χ3v) is 6.57. The molecule has 1 fully saturated rings. The van der Waals surface area contributed by atoms with Crippen LogP contribution >= 0.6 is 0 Å². The van der Waals surface area contributed by atoms with Crippen molar-refractivity contribution in [3.8, 4) is 0 Å². The van der Waals surface area contributed by atoms with Crippen molar-refractivity contribution in [1.29, 1.82) is 0 Å². The highest BCUT2D eigenvalue weighted by Gasteiger charge is 2.14. The minimum atomic E-state index is -3.60. The molecule has 0 saturated carbocycles. The molecule has 3 rings (SSSR count). The fourth-order valence-electron chi connectivity index (χ4n) is 3.41. The number of rotatable bonds is 7. The van der Waals surface area contributed by atoms with E-state index in [0.717, 1.165) is 24.3 Å². The van der Waals surface area contributed by atoms with Crippen LogP contribution in [0, 0.1) is 6.92 Å². The number of amides is 1. The van der Waals surface area contributed by atoms with Gasteiger partial charge >= 0.3 is 0 Å². The van der Waals surface area contributed by atoms with Crippen LogP contribution in [0.5, 0.6) is 0 Å². The van der Waals surface area contributed by atoms with Crippen molar-refractivity contribution in [1.82, 2.24) is 4.72 Å². The molecule has 156 valence electrons. The molecular formula is C22H29N3O3S. The van der Waals surface area contributed by atoms with Crippen LogP contribution in [-0.4, -0.2) is 34.0 Å². The van der Waals surface area contributed by atoms with Gasteiger partial charge in [-0.05, 0) is 56.2 Å². The van der Waals surface area contributed by atoms with E-state index in [4.69, 9.17) is 0 Å². The summed E-state index contributed by atoms with van der Waals surface area (Å²) in [4.78, 5) is 14.7. The Morgan fingerprint density at radius 1 is 0.931 bits per heavy atom. The summed E-state index contributed by atoms with van der Waals surface area (Å²) in [5.74, 6) is -0.223. The van der Waals surface area contributed by atoms with E-state index >= 15 is 0 Å². The number of anilines is 2. The Balaban J connectivity index is 1.47. The molecule has 0 bridgehead atoms. The van der Waals surface area contributed by atoms with Gasteiger partial charge in [0.15, 0.2) is 0 Å². The zero-order chi connectivity index (χ0) is 20.7. The number of carbonyl (C=O) groups excluding carboxylic acids is 1. The molecule has 6 nitrogen and oxygen atoms in total. The average molecular weight is 416 g/mol. The molecular weight excluding hydrogens is 386 g/mol. The first kappa shape index (κ1) is 21.3. The van der Waals surface area contributed by atoms with E-state index in [1.54, 1.807) is 24.3 Å². The van der Waals surface area contributed by atoms with Gasteiger partial charge in [-0.2, -0.15) is 0 Å². The van der Waals surface area contributed by atoms with Crippen LogP contribution in [0.4, 0.5) is 11.4 Å². The van der Waals surface area contributed by atoms with E-state index < -0.39 is 10.0 Å². The smallest absolute Gasteiger partial charge is 0.240 e. The summed E-state index contributed by atoms with van der Waals surface area (Å²) in [6.45, 7) is 4.10. The van der Waals surface area contributed by atoms with Crippen molar-refractivity contribution >= 4 is 27.3 Å². The minimum absolute atomic E-state index is 0.0495. The normalized spacial score (nSPS) is 15.0. The highest BCUT2D eigenvalue weighted by atomic mass is 32.2. The maximum Gasteiger partial charge on any atom is 0.240 e. The minimum Gasteiger partial charge on any atom is -0.372 e. The number of hydrogen-bond acceptors (Lipinski definition) is 4. The molecule has 2 N–H and O–H groups in total. The monoisotopic (exact) mass is 415 g/mol. The second kappa shape index (κ2) is 9.89. The lowest BCUT2D eigenvalue weighted by atomic mass is 10.2. The van der Waals surface area contributed by atoms with Crippen LogP contribution in [0.25, 0.3) is 0 Å². The van der Waals surface area contributed by atoms with Gasteiger partial charge in [0.2, 0.25) is 15.9 Å². The molecule has 2 aromatic rings. The molecule has 0 radical (unpaired) electrons. The van der Waals surface area contributed by atoms with Gasteiger partial charge in [-0.15, -0.1) is 0 Å². The molecule has 1 heterocycles. The second-order valence-corrected chi connectivity index (χ2v) is 9.22. The van der Waals surface area contributed by atoms with Gasteiger partial charge in [-0.1, -0.05) is 30.5 Å². The van der Waals surface area contributed by atoms with Crippen molar-refractivity contribution in [3.05, 3.63) is 54.1 Å². The fourth-order valence-corrected chi connectivity index (χ4v) is 4.44. The number of sulfonamides is 1. The summed E-state index contributed by atoms with van der Waals surface area (Å²) in [6.07, 6.45) is 5.09. The molecule has 1 aliphatic rings. The maximum absolute atomic E-state index is 12.2. The topological polar surface area (TPSA) is 78.5 Å². The van der Waals surface area contributed by atoms with Crippen molar-refractivity contribution in [3.63, 3.8) is 0 Å². The number of hydrogen-bond donors (Lipinski definition) is 2. The Labute approximate surface area is 173 Å². The first-order valence-electron chi connectivity index (χ1n) is 10.2. The van der Waals surface area contributed by atoms with Crippen LogP contribution in [0.15, 0.2) is 53.4 Å². The zero-order valence-electron chi connectivity index (χ0n) is 16.9. The largest absolute Gasteiger partial charge is 0.372 e. The van der Waals surface area contributed by atoms with Crippen molar-refractivity contribution in [2.75, 3.05) is 29.9 Å². The fraction of sp³-hybridized carbons (Fsp3) is 0.409. The number of carbonyl (C=O) groups is 1. The molecule has 29 heavy (non-hydrogen) atoms. The first-order chi connectivity index (χ1) is 13.9. The van der Waals surface area contributed by atoms with E-state index in [1.807, 2.05) is 31.2 Å². The number of nitrogens with zero attached hydrogens (tertiary/aromatic N) is 1. The molecule has 1 amide bonds. The van der Waals surface area contributed by atoms with Crippen LogP contribution in [0.3, 0.4) is 0 Å². The van der Waals surface area contributed by atoms with Crippen molar-refractivity contribution in [2.45, 2.75) is 43.9 Å². The van der Waals surface area contributed by atoms with E-state index in [2.05, 4.69) is 14.9 Å². The Bertz CT molecular complexity index is 901. The lowest BCUT2D eigenvalue weighted by molar-refractivity contribution is -0.116. The third kappa shape index (κ3) is 6.30. The van der Waals surface area contributed by atoms with Gasteiger partial charge in [0.1, 0.15) is 0 Å². The first-order valence-corrected chi connectivity index (χ1v) is 11.6. The highest BCUT2D eigenvalue weighted by Crippen LogP contribution is 2.21. The SMILES string of the molecule is Cc1ccc(S(=O)(=O)NCCC(=O)Nc2ccc(N3CCCCCC3)cc2)cc1. The van der Waals surface area contributed by atoms with Crippen molar-refractivity contribution in [2.24, 2.45) is 0 Å². The lowest BCUT2D eigenvalue weighted by Gasteiger charge is -2.22. The van der Waals surface area contributed by atoms with E-state index in [1.165, 1.54) is 31.4 Å². The molecule has 1 saturated heterocycles. The van der Waals surface area contributed by atoms with Gasteiger partial charge < -0.3 is 10.2 Å². The predicted octanol–water partition coefficient (Wildman–Crippen LogP) is 3.68. The van der Waals surface area contributed by atoms with Gasteiger partial charge in [0, 0.05) is 37.4 Å². The third-order valence-electron chi connectivity index (χ3n) is 5.10. The van der Waals surface area contributed by atoms with Crippen LogP contribution in [-0.2, 0) is 14.8 Å². The number of nitrogens with one attached hydrogen (secondary N) is 2. The van der Waals surface area contributed by atoms with Crippen LogP contribution in [0.1, 0.15) is 37.7 Å². The van der Waals surface area contributed by atoms with E-state index in [9.17, 15) is 13.2 Å². The molecule has 1 aliphatic heterocycles. The molecule has 0 unspecified atom stereocenters.